The second-order valence-electron chi connectivity index (χ2n) is 7.66. The van der Waals surface area contributed by atoms with Crippen LogP contribution < -0.4 is 0 Å². The van der Waals surface area contributed by atoms with Crippen LogP contribution in [0.4, 0.5) is 0 Å². The van der Waals surface area contributed by atoms with E-state index in [9.17, 15) is 14.7 Å². The summed E-state index contributed by atoms with van der Waals surface area (Å²) in [6, 6.07) is 7.96. The molecule has 2 bridgehead atoms. The summed E-state index contributed by atoms with van der Waals surface area (Å²) in [6.45, 7) is 3.76. The fourth-order valence-corrected chi connectivity index (χ4v) is 5.69. The Morgan fingerprint density at radius 3 is 2.62 bits per heavy atom. The van der Waals surface area contributed by atoms with Gasteiger partial charge >= 0.3 is 5.97 Å². The summed E-state index contributed by atoms with van der Waals surface area (Å²) >= 11 is 0. The molecule has 1 aromatic carbocycles. The summed E-state index contributed by atoms with van der Waals surface area (Å²) in [5.74, 6) is -0.606. The topological polar surface area (TPSA) is 63.6 Å². The monoisotopic (exact) mass is 352 g/mol. The first-order chi connectivity index (χ1) is 12.5. The zero-order chi connectivity index (χ0) is 18.6. The lowest BCUT2D eigenvalue weighted by Crippen LogP contribution is -2.47. The molecule has 1 aromatic rings. The van der Waals surface area contributed by atoms with E-state index in [1.54, 1.807) is 0 Å². The maximum absolute atomic E-state index is 13.1. The van der Waals surface area contributed by atoms with E-state index in [1.165, 1.54) is 7.11 Å². The van der Waals surface area contributed by atoms with Crippen molar-refractivity contribution < 1.29 is 19.4 Å². The number of rotatable bonds is 2. The van der Waals surface area contributed by atoms with E-state index in [4.69, 9.17) is 4.74 Å². The van der Waals surface area contributed by atoms with Gasteiger partial charge in [-0.15, -0.1) is 0 Å². The molecule has 4 heteroatoms. The van der Waals surface area contributed by atoms with Crippen LogP contribution in [0.3, 0.4) is 0 Å². The highest BCUT2D eigenvalue weighted by molar-refractivity contribution is 6.34. The number of hydrogen-bond acceptors (Lipinski definition) is 4. The Hall–Kier alpha value is -2.20. The van der Waals surface area contributed by atoms with Gasteiger partial charge < -0.3 is 9.84 Å². The molecule has 26 heavy (non-hydrogen) atoms. The molecule has 1 N–H and O–H groups in total. The average molecular weight is 352 g/mol. The van der Waals surface area contributed by atoms with Gasteiger partial charge in [-0.3, -0.25) is 9.59 Å². The number of fused-ring (bicyclic) bond motifs is 5. The number of carbonyl (C=O) groups is 2. The molecule has 1 saturated carbocycles. The fraction of sp³-hybridized carbons (Fsp3) is 0.455. The number of benzene rings is 1. The van der Waals surface area contributed by atoms with E-state index in [0.717, 1.165) is 27.8 Å². The smallest absolute Gasteiger partial charge is 0.315 e. The van der Waals surface area contributed by atoms with Gasteiger partial charge in [-0.25, -0.2) is 0 Å². The molecule has 0 radical (unpaired) electrons. The van der Waals surface area contributed by atoms with Gasteiger partial charge in [-0.2, -0.15) is 0 Å². The molecule has 0 spiro atoms. The van der Waals surface area contributed by atoms with Crippen molar-refractivity contribution in [2.45, 2.75) is 26.7 Å². The van der Waals surface area contributed by atoms with E-state index in [2.05, 4.69) is 6.92 Å². The number of aliphatic hydroxyl groups is 1. The largest absolute Gasteiger partial charge is 0.468 e. The number of allylic oxidation sites excluding steroid dienone is 4. The Balaban J connectivity index is 1.91. The van der Waals surface area contributed by atoms with Gasteiger partial charge in [0.15, 0.2) is 5.78 Å². The minimum atomic E-state index is -1.05. The van der Waals surface area contributed by atoms with Crippen molar-refractivity contribution in [3.05, 3.63) is 47.0 Å². The Kier molecular flexibility index (Phi) is 3.92. The summed E-state index contributed by atoms with van der Waals surface area (Å²) in [5, 5.41) is 10.4. The van der Waals surface area contributed by atoms with Crippen LogP contribution in [0.25, 0.3) is 11.1 Å². The molecule has 0 aliphatic heterocycles. The molecule has 4 nitrogen and oxygen atoms in total. The normalized spacial score (nSPS) is 33.9. The number of ether oxygens (including phenoxy) is 1. The molecule has 0 amide bonds. The molecule has 1 fully saturated rings. The SMILES string of the molecule is C/C=C1/[C@@H](C)[C@@H]2CC3=C(C(=O)C[C@@H]1[C@@]2(CO)C(=O)OC)c1ccccc13. The van der Waals surface area contributed by atoms with Crippen molar-refractivity contribution >= 4 is 22.9 Å². The number of aliphatic hydroxyl groups excluding tert-OH is 1. The van der Waals surface area contributed by atoms with E-state index in [1.807, 2.05) is 37.3 Å². The van der Waals surface area contributed by atoms with Crippen LogP contribution in [0, 0.1) is 23.2 Å². The Labute approximate surface area is 153 Å². The van der Waals surface area contributed by atoms with Crippen molar-refractivity contribution in [3.8, 4) is 0 Å². The summed E-state index contributed by atoms with van der Waals surface area (Å²) in [5.41, 5.74) is 4.04. The van der Waals surface area contributed by atoms with Crippen LogP contribution in [0.5, 0.6) is 0 Å². The minimum absolute atomic E-state index is 0.0670. The quantitative estimate of drug-likeness (QED) is 0.655. The third-order valence-electron chi connectivity index (χ3n) is 6.89. The van der Waals surface area contributed by atoms with Gasteiger partial charge in [0.2, 0.25) is 0 Å². The maximum Gasteiger partial charge on any atom is 0.315 e. The first-order valence-electron chi connectivity index (χ1n) is 9.22. The van der Waals surface area contributed by atoms with Gasteiger partial charge in [0.05, 0.1) is 13.7 Å². The van der Waals surface area contributed by atoms with Gasteiger partial charge in [0.25, 0.3) is 0 Å². The van der Waals surface area contributed by atoms with Gasteiger partial charge in [-0.1, -0.05) is 42.8 Å². The Morgan fingerprint density at radius 2 is 2.00 bits per heavy atom. The lowest BCUT2D eigenvalue weighted by Gasteiger charge is -2.41. The molecule has 3 aliphatic carbocycles. The van der Waals surface area contributed by atoms with Crippen LogP contribution in [-0.4, -0.2) is 30.6 Å². The van der Waals surface area contributed by atoms with E-state index >= 15 is 0 Å². The van der Waals surface area contributed by atoms with Crippen molar-refractivity contribution in [1.82, 2.24) is 0 Å². The number of carbonyl (C=O) groups excluding carboxylic acids is 2. The number of ketones is 1. The van der Waals surface area contributed by atoms with Crippen molar-refractivity contribution in [2.24, 2.45) is 23.2 Å². The van der Waals surface area contributed by atoms with Crippen molar-refractivity contribution in [3.63, 3.8) is 0 Å². The predicted molar refractivity (Wildman–Crippen MR) is 98.9 cm³/mol. The molecule has 136 valence electrons. The molecule has 0 unspecified atom stereocenters. The summed E-state index contributed by atoms with van der Waals surface area (Å²) < 4.78 is 5.13. The second kappa shape index (κ2) is 5.92. The third-order valence-corrected chi connectivity index (χ3v) is 6.89. The number of Topliss-reactive ketones (excluding diaryl/α,β-unsaturated/α-hetero) is 1. The number of methoxy groups -OCH3 is 1. The van der Waals surface area contributed by atoms with Crippen LogP contribution in [-0.2, 0) is 14.3 Å². The number of hydrogen-bond donors (Lipinski definition) is 1. The standard InChI is InChI=1S/C22H24O4/c1-4-13-12(2)17-9-16-14-7-5-6-8-15(14)20(16)19(24)10-18(13)22(17,11-23)21(25)26-3/h4-8,12,17-18,23H,9-11H2,1-3H3/b13-4-/t12-,17+,18+,22+/m1/s1. The molecule has 0 saturated heterocycles. The van der Waals surface area contributed by atoms with E-state index in [-0.39, 0.29) is 36.6 Å². The van der Waals surface area contributed by atoms with Gasteiger partial charge in [-0.05, 0) is 41.9 Å². The van der Waals surface area contributed by atoms with E-state index < -0.39 is 11.4 Å². The summed E-state index contributed by atoms with van der Waals surface area (Å²) in [6.07, 6.45) is 2.87. The molecular weight excluding hydrogens is 328 g/mol. The fourth-order valence-electron chi connectivity index (χ4n) is 5.69. The van der Waals surface area contributed by atoms with Crippen LogP contribution in [0.15, 0.2) is 35.9 Å². The lowest BCUT2D eigenvalue weighted by atomic mass is 9.62. The summed E-state index contributed by atoms with van der Waals surface area (Å²) in [4.78, 5) is 26.0. The zero-order valence-electron chi connectivity index (χ0n) is 15.4. The van der Waals surface area contributed by atoms with E-state index in [0.29, 0.717) is 6.42 Å². The average Bonchev–Trinajstić information content (AvgIpc) is 2.87. The molecule has 4 atom stereocenters. The molecular formula is C22H24O4. The molecule has 0 heterocycles. The summed E-state index contributed by atoms with van der Waals surface area (Å²) in [7, 11) is 1.36. The highest BCUT2D eigenvalue weighted by atomic mass is 16.5. The minimum Gasteiger partial charge on any atom is -0.468 e. The Morgan fingerprint density at radius 1 is 1.31 bits per heavy atom. The van der Waals surface area contributed by atoms with Crippen LogP contribution in [0.2, 0.25) is 0 Å². The van der Waals surface area contributed by atoms with Gasteiger partial charge in [0.1, 0.15) is 5.41 Å². The maximum atomic E-state index is 13.1. The van der Waals surface area contributed by atoms with Gasteiger partial charge in [0, 0.05) is 17.9 Å². The highest BCUT2D eigenvalue weighted by Crippen LogP contribution is 2.62. The highest BCUT2D eigenvalue weighted by Gasteiger charge is 2.62. The van der Waals surface area contributed by atoms with Crippen LogP contribution in [0.1, 0.15) is 37.8 Å². The lowest BCUT2D eigenvalue weighted by molar-refractivity contribution is -0.162. The van der Waals surface area contributed by atoms with Crippen molar-refractivity contribution in [1.29, 1.82) is 0 Å². The molecule has 0 aromatic heterocycles. The molecule has 4 rings (SSSR count). The second-order valence-corrected chi connectivity index (χ2v) is 7.66. The zero-order valence-corrected chi connectivity index (χ0v) is 15.4. The number of esters is 1. The Bertz CT molecular complexity index is 863. The molecule has 3 aliphatic rings. The predicted octanol–water partition coefficient (Wildman–Crippen LogP) is 3.25. The first kappa shape index (κ1) is 17.2. The van der Waals surface area contributed by atoms with Crippen LogP contribution >= 0.6 is 0 Å². The third kappa shape index (κ3) is 1.94. The first-order valence-corrected chi connectivity index (χ1v) is 9.22. The van der Waals surface area contributed by atoms with Crippen molar-refractivity contribution in [2.75, 3.05) is 13.7 Å².